The monoisotopic (exact) mass is 438 g/mol. The highest BCUT2D eigenvalue weighted by atomic mass is 16.6. The molecule has 6 rings (SSSR count). The number of aryl methyl sites for hydroxylation is 2. The van der Waals surface area contributed by atoms with E-state index in [1.54, 1.807) is 4.68 Å². The summed E-state index contributed by atoms with van der Waals surface area (Å²) in [5.74, 6) is 2.27. The number of nitrogens with zero attached hydrogens (tertiary/aromatic N) is 3. The molecule has 1 aromatic heterocycles. The molecule has 1 N–H and O–H groups in total. The van der Waals surface area contributed by atoms with Crippen LogP contribution in [0, 0.1) is 41.7 Å². The Hall–Kier alpha value is -2.90. The Morgan fingerprint density at radius 1 is 1.19 bits per heavy atom. The van der Waals surface area contributed by atoms with Gasteiger partial charge in [0.15, 0.2) is 0 Å². The molecule has 32 heavy (non-hydrogen) atoms. The van der Waals surface area contributed by atoms with Gasteiger partial charge in [-0.25, -0.2) is 0 Å². The van der Waals surface area contributed by atoms with Gasteiger partial charge in [-0.1, -0.05) is 6.07 Å². The van der Waals surface area contributed by atoms with Crippen molar-refractivity contribution in [2.24, 2.45) is 17.8 Å². The number of amides is 1. The number of hydrogen-bond acceptors (Lipinski definition) is 5. The van der Waals surface area contributed by atoms with Gasteiger partial charge >= 0.3 is 5.69 Å². The molecule has 0 spiro atoms. The third-order valence-electron chi connectivity index (χ3n) is 7.73. The number of carbonyl (C=O) groups excluding carboxylic acids is 1. The molecule has 4 aliphatic carbocycles. The van der Waals surface area contributed by atoms with E-state index >= 15 is 0 Å². The Kier molecular flexibility index (Phi) is 5.18. The number of nitro groups is 1. The Bertz CT molecular complexity index is 1020. The van der Waals surface area contributed by atoms with E-state index in [1.165, 1.54) is 31.0 Å². The van der Waals surface area contributed by atoms with Crippen LogP contribution < -0.4 is 10.1 Å². The molecule has 4 bridgehead atoms. The molecule has 4 aliphatic rings. The molecular formula is C24H30N4O4. The van der Waals surface area contributed by atoms with Crippen molar-refractivity contribution in [1.29, 1.82) is 0 Å². The summed E-state index contributed by atoms with van der Waals surface area (Å²) in [5.41, 5.74) is 1.85. The fourth-order valence-electron chi connectivity index (χ4n) is 6.47. The Morgan fingerprint density at radius 3 is 2.44 bits per heavy atom. The van der Waals surface area contributed by atoms with Crippen LogP contribution in [0.3, 0.4) is 0 Å². The fraction of sp³-hybridized carbons (Fsp3) is 0.583. The summed E-state index contributed by atoms with van der Waals surface area (Å²) >= 11 is 0. The summed E-state index contributed by atoms with van der Waals surface area (Å²) in [4.78, 5) is 24.0. The van der Waals surface area contributed by atoms with Crippen LogP contribution in [0.25, 0.3) is 0 Å². The van der Waals surface area contributed by atoms with Crippen molar-refractivity contribution in [2.45, 2.75) is 57.9 Å². The van der Waals surface area contributed by atoms with Gasteiger partial charge in [-0.2, -0.15) is 5.10 Å². The van der Waals surface area contributed by atoms with Crippen molar-refractivity contribution < 1.29 is 14.5 Å². The van der Waals surface area contributed by atoms with E-state index in [0.29, 0.717) is 17.8 Å². The first-order chi connectivity index (χ1) is 15.3. The standard InChI is InChI=1S/C24H30N4O4/c1-15-3-4-20(7-16(15)2)32-6-5-25-23(29)22-21(28(30)31)14-27(26-22)24-11-17-8-18(12-24)10-19(9-17)13-24/h3-4,7,14,17-19H,5-6,8-13H2,1-2H3,(H,25,29). The molecule has 0 unspecified atom stereocenters. The number of hydrogen-bond donors (Lipinski definition) is 1. The SMILES string of the molecule is Cc1ccc(OCCNC(=O)c2nn(C34CC5CC(CC(C5)C3)C4)cc2[N+](=O)[O-])cc1C. The average molecular weight is 439 g/mol. The smallest absolute Gasteiger partial charge is 0.320 e. The van der Waals surface area contributed by atoms with Crippen molar-refractivity contribution in [2.75, 3.05) is 13.2 Å². The summed E-state index contributed by atoms with van der Waals surface area (Å²) in [7, 11) is 0. The van der Waals surface area contributed by atoms with Gasteiger partial charge in [0.1, 0.15) is 18.6 Å². The summed E-state index contributed by atoms with van der Waals surface area (Å²) in [5, 5.41) is 18.9. The van der Waals surface area contributed by atoms with Gasteiger partial charge in [0.05, 0.1) is 17.0 Å². The minimum Gasteiger partial charge on any atom is -0.492 e. The normalized spacial score (nSPS) is 28.0. The predicted molar refractivity (Wildman–Crippen MR) is 119 cm³/mol. The predicted octanol–water partition coefficient (Wildman–Crippen LogP) is 4.14. The molecule has 4 saturated carbocycles. The quantitative estimate of drug-likeness (QED) is 0.398. The van der Waals surface area contributed by atoms with Crippen molar-refractivity contribution >= 4 is 11.6 Å². The molecule has 0 aliphatic heterocycles. The maximum absolute atomic E-state index is 12.8. The van der Waals surface area contributed by atoms with Crippen LogP contribution in [0.1, 0.15) is 60.1 Å². The van der Waals surface area contributed by atoms with E-state index in [-0.39, 0.29) is 30.1 Å². The first-order valence-electron chi connectivity index (χ1n) is 11.6. The van der Waals surface area contributed by atoms with Crippen LogP contribution in [-0.4, -0.2) is 33.8 Å². The summed E-state index contributed by atoms with van der Waals surface area (Å²) in [6, 6.07) is 5.83. The lowest BCUT2D eigenvalue weighted by Gasteiger charge is -2.56. The number of nitrogens with one attached hydrogen (secondary N) is 1. The zero-order valence-corrected chi connectivity index (χ0v) is 18.7. The third-order valence-corrected chi connectivity index (χ3v) is 7.73. The Balaban J connectivity index is 1.27. The molecule has 8 heteroatoms. The highest BCUT2D eigenvalue weighted by Gasteiger charge is 2.53. The Labute approximate surface area is 187 Å². The van der Waals surface area contributed by atoms with E-state index < -0.39 is 10.8 Å². The fourth-order valence-corrected chi connectivity index (χ4v) is 6.47. The Morgan fingerprint density at radius 2 is 1.84 bits per heavy atom. The van der Waals surface area contributed by atoms with Gasteiger partial charge in [0, 0.05) is 0 Å². The maximum atomic E-state index is 12.8. The van der Waals surface area contributed by atoms with Gasteiger partial charge < -0.3 is 10.1 Å². The van der Waals surface area contributed by atoms with E-state index in [0.717, 1.165) is 30.6 Å². The second-order valence-corrected chi connectivity index (χ2v) is 10.1. The van der Waals surface area contributed by atoms with Crippen LogP contribution in [0.4, 0.5) is 5.69 Å². The number of ether oxygens (including phenoxy) is 1. The van der Waals surface area contributed by atoms with E-state index in [2.05, 4.69) is 10.4 Å². The molecule has 0 atom stereocenters. The van der Waals surface area contributed by atoms with Crippen LogP contribution in [0.2, 0.25) is 0 Å². The molecule has 1 aromatic carbocycles. The van der Waals surface area contributed by atoms with Gasteiger partial charge in [0.2, 0.25) is 5.69 Å². The summed E-state index contributed by atoms with van der Waals surface area (Å²) < 4.78 is 7.48. The topological polar surface area (TPSA) is 99.3 Å². The highest BCUT2D eigenvalue weighted by Crippen LogP contribution is 2.58. The summed E-state index contributed by atoms with van der Waals surface area (Å²) in [6.07, 6.45) is 8.37. The summed E-state index contributed by atoms with van der Waals surface area (Å²) in [6.45, 7) is 4.57. The largest absolute Gasteiger partial charge is 0.492 e. The minimum atomic E-state index is -0.524. The van der Waals surface area contributed by atoms with Crippen molar-refractivity contribution in [3.05, 3.63) is 51.3 Å². The van der Waals surface area contributed by atoms with Crippen LogP contribution in [0.15, 0.2) is 24.4 Å². The molecule has 1 amide bonds. The molecule has 0 saturated heterocycles. The number of rotatable bonds is 7. The van der Waals surface area contributed by atoms with E-state index in [1.807, 2.05) is 32.0 Å². The number of carbonyl (C=O) groups is 1. The molecule has 1 heterocycles. The molecule has 8 nitrogen and oxygen atoms in total. The van der Waals surface area contributed by atoms with Crippen molar-refractivity contribution in [1.82, 2.24) is 15.1 Å². The second kappa shape index (κ2) is 7.90. The van der Waals surface area contributed by atoms with E-state index in [9.17, 15) is 14.9 Å². The lowest BCUT2D eigenvalue weighted by molar-refractivity contribution is -0.385. The van der Waals surface area contributed by atoms with Crippen LogP contribution in [-0.2, 0) is 5.54 Å². The van der Waals surface area contributed by atoms with Gasteiger partial charge in [-0.05, 0) is 93.4 Å². The lowest BCUT2D eigenvalue weighted by atomic mass is 9.53. The molecule has 0 radical (unpaired) electrons. The van der Waals surface area contributed by atoms with Gasteiger partial charge in [-0.3, -0.25) is 19.6 Å². The van der Waals surface area contributed by atoms with Gasteiger partial charge in [0.25, 0.3) is 5.91 Å². The lowest BCUT2D eigenvalue weighted by Crippen LogP contribution is -2.52. The number of benzene rings is 1. The zero-order valence-electron chi connectivity index (χ0n) is 18.7. The maximum Gasteiger partial charge on any atom is 0.320 e. The highest BCUT2D eigenvalue weighted by molar-refractivity contribution is 5.96. The van der Waals surface area contributed by atoms with E-state index in [4.69, 9.17) is 4.74 Å². The first-order valence-corrected chi connectivity index (χ1v) is 11.6. The number of aromatic nitrogens is 2. The first kappa shape index (κ1) is 21.0. The second-order valence-electron chi connectivity index (χ2n) is 10.1. The molecule has 4 fully saturated rings. The van der Waals surface area contributed by atoms with Crippen molar-refractivity contribution in [3.8, 4) is 5.75 Å². The average Bonchev–Trinajstić information content (AvgIpc) is 3.20. The third kappa shape index (κ3) is 3.76. The van der Waals surface area contributed by atoms with Crippen molar-refractivity contribution in [3.63, 3.8) is 0 Å². The van der Waals surface area contributed by atoms with Crippen LogP contribution in [0.5, 0.6) is 5.75 Å². The molecular weight excluding hydrogens is 408 g/mol. The molecule has 170 valence electrons. The zero-order chi connectivity index (χ0) is 22.5. The minimum absolute atomic E-state index is 0.100. The van der Waals surface area contributed by atoms with Gasteiger partial charge in [-0.15, -0.1) is 0 Å². The molecule has 2 aromatic rings. The van der Waals surface area contributed by atoms with Crippen LogP contribution >= 0.6 is 0 Å².